The predicted octanol–water partition coefficient (Wildman–Crippen LogP) is -3.38. The van der Waals surface area contributed by atoms with Crippen LogP contribution in [0.5, 0.6) is 0 Å². The molecule has 0 radical (unpaired) electrons. The van der Waals surface area contributed by atoms with E-state index < -0.39 is 35.8 Å². The van der Waals surface area contributed by atoms with E-state index in [1.807, 2.05) is 21.1 Å². The standard InChI is InChI=1S/C15H28N4O6S/c1-19(2,3)6-7-25-13(21)8-17-14(22)11(9-26)18-12(20)5-4-10(16)15(23)24/h10-11H,4-9,16H2,1-3H3,(H3-,17,18,20,22,23,24,26)/t10-,11-/m0/s1. The van der Waals surface area contributed by atoms with Gasteiger partial charge in [-0.05, 0) is 6.42 Å². The summed E-state index contributed by atoms with van der Waals surface area (Å²) in [4.78, 5) is 45.8. The van der Waals surface area contributed by atoms with Crippen molar-refractivity contribution in [2.24, 2.45) is 5.73 Å². The fraction of sp³-hybridized carbons (Fsp3) is 0.733. The van der Waals surface area contributed by atoms with Gasteiger partial charge in [0.15, 0.2) is 0 Å². The zero-order chi connectivity index (χ0) is 20.3. The summed E-state index contributed by atoms with van der Waals surface area (Å²) in [6.07, 6.45) is -0.298. The van der Waals surface area contributed by atoms with Crippen molar-refractivity contribution in [3.63, 3.8) is 0 Å². The van der Waals surface area contributed by atoms with Gasteiger partial charge in [0.1, 0.15) is 25.7 Å². The summed E-state index contributed by atoms with van der Waals surface area (Å²) < 4.78 is 5.63. The lowest BCUT2D eigenvalue weighted by Crippen LogP contribution is -2.49. The van der Waals surface area contributed by atoms with Gasteiger partial charge in [-0.3, -0.25) is 14.4 Å². The highest BCUT2D eigenvalue weighted by atomic mass is 32.1. The first-order valence-corrected chi connectivity index (χ1v) is 8.70. The molecule has 0 aromatic carbocycles. The topological polar surface area (TPSA) is 151 Å². The maximum atomic E-state index is 12.0. The molecule has 2 amide bonds. The summed E-state index contributed by atoms with van der Waals surface area (Å²) in [5.74, 6) is -3.19. The first-order chi connectivity index (χ1) is 12.0. The third-order valence-electron chi connectivity index (χ3n) is 3.25. The molecule has 0 rings (SSSR count). The van der Waals surface area contributed by atoms with Crippen LogP contribution in [-0.2, 0) is 23.9 Å². The summed E-state index contributed by atoms with van der Waals surface area (Å²) >= 11 is 3.98. The van der Waals surface area contributed by atoms with Crippen molar-refractivity contribution in [1.29, 1.82) is 0 Å². The highest BCUT2D eigenvalue weighted by Crippen LogP contribution is 1.97. The molecule has 0 heterocycles. The Morgan fingerprint density at radius 1 is 1.23 bits per heavy atom. The fourth-order valence-corrected chi connectivity index (χ4v) is 1.89. The third kappa shape index (κ3) is 11.7. The Morgan fingerprint density at radius 3 is 2.35 bits per heavy atom. The number of nitrogens with two attached hydrogens (primary N) is 1. The Balaban J connectivity index is 4.21. The lowest BCUT2D eigenvalue weighted by atomic mass is 10.1. The van der Waals surface area contributed by atoms with Gasteiger partial charge in [-0.25, -0.2) is 0 Å². The molecule has 0 aromatic heterocycles. The Hall–Kier alpha value is -1.85. The summed E-state index contributed by atoms with van der Waals surface area (Å²) in [6.45, 7) is 0.526. The molecule has 0 unspecified atom stereocenters. The van der Waals surface area contributed by atoms with Gasteiger partial charge < -0.3 is 35.5 Å². The van der Waals surface area contributed by atoms with E-state index in [-0.39, 0.29) is 31.7 Å². The van der Waals surface area contributed by atoms with Crippen LogP contribution in [0.15, 0.2) is 0 Å². The number of carboxylic acids is 1. The summed E-state index contributed by atoms with van der Waals surface area (Å²) in [7, 11) is 5.86. The average Bonchev–Trinajstić information content (AvgIpc) is 2.53. The van der Waals surface area contributed by atoms with Crippen LogP contribution in [0.4, 0.5) is 0 Å². The Bertz CT molecular complexity index is 509. The molecule has 0 fully saturated rings. The van der Waals surface area contributed by atoms with Crippen molar-refractivity contribution in [1.82, 2.24) is 10.6 Å². The van der Waals surface area contributed by atoms with E-state index >= 15 is 0 Å². The molecule has 11 heteroatoms. The molecule has 0 spiro atoms. The van der Waals surface area contributed by atoms with Crippen LogP contribution in [0.25, 0.3) is 0 Å². The van der Waals surface area contributed by atoms with E-state index in [1.165, 1.54) is 0 Å². The van der Waals surface area contributed by atoms with E-state index in [0.717, 1.165) is 0 Å². The normalized spacial score (nSPS) is 13.4. The number of quaternary nitrogens is 1. The van der Waals surface area contributed by atoms with E-state index in [1.54, 1.807) is 0 Å². The first kappa shape index (κ1) is 24.1. The number of carbonyl (C=O) groups is 4. The maximum Gasteiger partial charge on any atom is 0.325 e. The number of hydrogen-bond donors (Lipinski definition) is 4. The van der Waals surface area contributed by atoms with Crippen LogP contribution in [-0.4, -0.2) is 86.9 Å². The van der Waals surface area contributed by atoms with Gasteiger partial charge in [-0.2, -0.15) is 12.6 Å². The van der Waals surface area contributed by atoms with Gasteiger partial charge in [0.05, 0.1) is 27.1 Å². The number of carbonyl (C=O) groups excluding carboxylic acids is 4. The highest BCUT2D eigenvalue weighted by Gasteiger charge is 2.20. The molecule has 0 saturated carbocycles. The minimum absolute atomic E-state index is 0.000659. The lowest BCUT2D eigenvalue weighted by molar-refractivity contribution is -0.870. The minimum atomic E-state index is -1.45. The fourth-order valence-electron chi connectivity index (χ4n) is 1.63. The molecule has 26 heavy (non-hydrogen) atoms. The molecule has 0 aliphatic heterocycles. The highest BCUT2D eigenvalue weighted by molar-refractivity contribution is 7.80. The molecule has 0 aliphatic carbocycles. The van der Waals surface area contributed by atoms with E-state index in [9.17, 15) is 24.3 Å². The number of nitrogens with zero attached hydrogens (tertiary/aromatic N) is 1. The number of likely N-dealkylation sites (N-methyl/N-ethyl adjacent to an activating group) is 1. The van der Waals surface area contributed by atoms with Crippen molar-refractivity contribution in [2.45, 2.75) is 24.9 Å². The Morgan fingerprint density at radius 2 is 1.85 bits per heavy atom. The van der Waals surface area contributed by atoms with Gasteiger partial charge in [0.2, 0.25) is 11.8 Å². The third-order valence-corrected chi connectivity index (χ3v) is 3.62. The zero-order valence-electron chi connectivity index (χ0n) is 15.3. The largest absolute Gasteiger partial charge is 0.548 e. The molecule has 10 nitrogen and oxygen atoms in total. The molecule has 0 aliphatic rings. The molecule has 0 bridgehead atoms. The van der Waals surface area contributed by atoms with E-state index in [0.29, 0.717) is 11.0 Å². The van der Waals surface area contributed by atoms with Crippen molar-refractivity contribution < 1.29 is 33.5 Å². The number of rotatable bonds is 12. The smallest absolute Gasteiger partial charge is 0.325 e. The molecule has 0 saturated heterocycles. The Kier molecular flexibility index (Phi) is 10.9. The second kappa shape index (κ2) is 11.7. The number of aliphatic carboxylic acids is 1. The molecule has 2 atom stereocenters. The van der Waals surface area contributed by atoms with Crippen LogP contribution >= 0.6 is 12.6 Å². The SMILES string of the molecule is C[N+](C)(C)CCOC(=O)CNC(=O)[C@H](CS)NC(=O)CC[C@H](N)C(=O)[O-]. The van der Waals surface area contributed by atoms with E-state index in [4.69, 9.17) is 10.5 Å². The van der Waals surface area contributed by atoms with Crippen molar-refractivity contribution in [3.8, 4) is 0 Å². The van der Waals surface area contributed by atoms with Crippen molar-refractivity contribution in [2.75, 3.05) is 46.6 Å². The number of carboxylic acid groups (broad SMARTS) is 1. The summed E-state index contributed by atoms with van der Waals surface area (Å²) in [5.41, 5.74) is 5.25. The number of hydrogen-bond acceptors (Lipinski definition) is 8. The molecule has 4 N–H and O–H groups in total. The number of ether oxygens (including phenoxy) is 1. The average molecular weight is 392 g/mol. The number of esters is 1. The second-order valence-corrected chi connectivity index (χ2v) is 7.08. The minimum Gasteiger partial charge on any atom is -0.548 e. The number of thiol groups is 1. The van der Waals surface area contributed by atoms with Gasteiger partial charge in [-0.1, -0.05) is 0 Å². The first-order valence-electron chi connectivity index (χ1n) is 8.06. The molecular weight excluding hydrogens is 364 g/mol. The molecule has 150 valence electrons. The second-order valence-electron chi connectivity index (χ2n) is 6.72. The van der Waals surface area contributed by atoms with Crippen LogP contribution in [0.3, 0.4) is 0 Å². The van der Waals surface area contributed by atoms with Crippen LogP contribution < -0.4 is 21.5 Å². The maximum absolute atomic E-state index is 12.0. The van der Waals surface area contributed by atoms with Gasteiger partial charge in [0, 0.05) is 18.2 Å². The number of nitrogens with one attached hydrogen (secondary N) is 2. The quantitative estimate of drug-likeness (QED) is 0.154. The lowest BCUT2D eigenvalue weighted by Gasteiger charge is -2.23. The Labute approximate surface area is 158 Å². The van der Waals surface area contributed by atoms with Gasteiger partial charge in [-0.15, -0.1) is 0 Å². The van der Waals surface area contributed by atoms with Crippen LogP contribution in [0.2, 0.25) is 0 Å². The number of amides is 2. The van der Waals surface area contributed by atoms with Crippen LogP contribution in [0.1, 0.15) is 12.8 Å². The van der Waals surface area contributed by atoms with Crippen LogP contribution in [0, 0.1) is 0 Å². The summed E-state index contributed by atoms with van der Waals surface area (Å²) in [6, 6.07) is -2.23. The predicted molar refractivity (Wildman–Crippen MR) is 94.9 cm³/mol. The van der Waals surface area contributed by atoms with Crippen molar-refractivity contribution >= 4 is 36.4 Å². The van der Waals surface area contributed by atoms with Gasteiger partial charge in [0.25, 0.3) is 0 Å². The van der Waals surface area contributed by atoms with Gasteiger partial charge >= 0.3 is 5.97 Å². The molecule has 0 aromatic rings. The monoisotopic (exact) mass is 392 g/mol. The molecular formula is C15H28N4O6S. The summed E-state index contributed by atoms with van der Waals surface area (Å²) in [5, 5.41) is 15.2. The van der Waals surface area contributed by atoms with E-state index in [2.05, 4.69) is 23.3 Å². The van der Waals surface area contributed by atoms with Crippen molar-refractivity contribution in [3.05, 3.63) is 0 Å². The zero-order valence-corrected chi connectivity index (χ0v) is 16.2.